The molecule has 0 radical (unpaired) electrons. The van der Waals surface area contributed by atoms with Gasteiger partial charge in [-0.3, -0.25) is 4.55 Å². The van der Waals surface area contributed by atoms with Crippen LogP contribution in [0.5, 0.6) is 5.75 Å². The summed E-state index contributed by atoms with van der Waals surface area (Å²) in [6, 6.07) is 3.89. The van der Waals surface area contributed by atoms with Crippen molar-refractivity contribution < 1.29 is 35.2 Å². The molecule has 0 aliphatic rings. The lowest BCUT2D eigenvalue weighted by molar-refractivity contribution is 0.0170. The van der Waals surface area contributed by atoms with Crippen molar-refractivity contribution in [3.8, 4) is 28.7 Å². The summed E-state index contributed by atoms with van der Waals surface area (Å²) in [7, 11) is -4.64. The number of rotatable bonds is 8. The molecule has 0 saturated heterocycles. The fraction of sp³-hybridized carbons (Fsp3) is 0.250. The summed E-state index contributed by atoms with van der Waals surface area (Å²) in [6.07, 6.45) is 1.61. The molecule has 0 aliphatic heterocycles. The van der Waals surface area contributed by atoms with Gasteiger partial charge < -0.3 is 13.7 Å². The Labute approximate surface area is 217 Å². The van der Waals surface area contributed by atoms with Crippen LogP contribution in [0.2, 0.25) is 15.1 Å². The SMILES string of the molecule is CC(COc1cc(Cl)c(-c2noc(-c3cn4cc(C(C)(F)F)cc(Cl)c4n3)n2)cc1Cl)OS(=O)(=O)O. The standard InChI is InChI=1S/C20H15Cl3F2N4O6S/c1-9(35-36(30,31)32)8-33-16-5-12(21)11(4-13(16)22)17-27-19(34-28-17)15-7-29-6-10(20(2,24)25)3-14(23)18(29)26-15/h3-7,9H,8H2,1-2H3,(H,30,31,32). The lowest BCUT2D eigenvalue weighted by Gasteiger charge is -2.13. The number of nitrogens with zero attached hydrogens (tertiary/aromatic N) is 4. The summed E-state index contributed by atoms with van der Waals surface area (Å²) in [5.74, 6) is -2.97. The number of aromatic nitrogens is 4. The molecular formula is C20H15Cl3F2N4O6S. The molecule has 3 aromatic heterocycles. The fourth-order valence-corrected chi connectivity index (χ4v) is 4.27. The molecule has 0 bridgehead atoms. The van der Waals surface area contributed by atoms with Crippen LogP contribution in [-0.2, 0) is 20.5 Å². The largest absolute Gasteiger partial charge is 0.489 e. The van der Waals surface area contributed by atoms with Gasteiger partial charge in [-0.25, -0.2) is 17.9 Å². The highest BCUT2D eigenvalue weighted by atomic mass is 35.5. The summed E-state index contributed by atoms with van der Waals surface area (Å²) in [4.78, 5) is 8.52. The minimum Gasteiger partial charge on any atom is -0.489 e. The molecule has 4 rings (SSSR count). The van der Waals surface area contributed by atoms with E-state index in [2.05, 4.69) is 19.3 Å². The Balaban J connectivity index is 1.59. The van der Waals surface area contributed by atoms with Crippen molar-refractivity contribution in [3.63, 3.8) is 0 Å². The van der Waals surface area contributed by atoms with Crippen LogP contribution in [0.1, 0.15) is 19.4 Å². The Kier molecular flexibility index (Phi) is 7.16. The van der Waals surface area contributed by atoms with Gasteiger partial charge in [0.1, 0.15) is 24.2 Å². The molecule has 1 aromatic carbocycles. The number of pyridine rings is 1. The van der Waals surface area contributed by atoms with Gasteiger partial charge in [0.25, 0.3) is 11.8 Å². The quantitative estimate of drug-likeness (QED) is 0.259. The van der Waals surface area contributed by atoms with E-state index in [4.69, 9.17) is 48.6 Å². The smallest absolute Gasteiger partial charge is 0.397 e. The molecule has 1 unspecified atom stereocenters. The van der Waals surface area contributed by atoms with Gasteiger partial charge in [0.15, 0.2) is 5.65 Å². The molecule has 0 fully saturated rings. The van der Waals surface area contributed by atoms with E-state index in [1.54, 1.807) is 0 Å². The number of imidazole rings is 1. The number of halogens is 5. The maximum Gasteiger partial charge on any atom is 0.397 e. The van der Waals surface area contributed by atoms with Gasteiger partial charge in [-0.2, -0.15) is 13.4 Å². The third-order valence-electron chi connectivity index (χ3n) is 4.68. The van der Waals surface area contributed by atoms with Gasteiger partial charge >= 0.3 is 10.4 Å². The monoisotopic (exact) mass is 582 g/mol. The Morgan fingerprint density at radius 3 is 2.53 bits per heavy atom. The minimum absolute atomic E-state index is 0.0155. The van der Waals surface area contributed by atoms with Gasteiger partial charge in [0, 0.05) is 36.5 Å². The molecule has 0 spiro atoms. The Hall–Kier alpha value is -2.55. The molecule has 3 heterocycles. The predicted octanol–water partition coefficient (Wildman–Crippen LogP) is 5.71. The Morgan fingerprint density at radius 2 is 1.86 bits per heavy atom. The van der Waals surface area contributed by atoms with Crippen LogP contribution in [0.3, 0.4) is 0 Å². The van der Waals surface area contributed by atoms with E-state index < -0.39 is 22.4 Å². The van der Waals surface area contributed by atoms with Gasteiger partial charge in [0.05, 0.1) is 15.1 Å². The summed E-state index contributed by atoms with van der Waals surface area (Å²) >= 11 is 18.7. The van der Waals surface area contributed by atoms with Crippen molar-refractivity contribution in [3.05, 3.63) is 51.2 Å². The lowest BCUT2D eigenvalue weighted by Crippen LogP contribution is -2.21. The number of hydrogen-bond donors (Lipinski definition) is 1. The third kappa shape index (κ3) is 5.88. The van der Waals surface area contributed by atoms with Crippen LogP contribution in [0.4, 0.5) is 8.78 Å². The molecule has 36 heavy (non-hydrogen) atoms. The Morgan fingerprint density at radius 1 is 1.14 bits per heavy atom. The van der Waals surface area contributed by atoms with Crippen molar-refractivity contribution in [2.24, 2.45) is 0 Å². The van der Waals surface area contributed by atoms with E-state index in [1.165, 1.54) is 35.9 Å². The number of fused-ring (bicyclic) bond motifs is 1. The van der Waals surface area contributed by atoms with E-state index in [1.807, 2.05) is 0 Å². The highest BCUT2D eigenvalue weighted by Gasteiger charge is 2.27. The van der Waals surface area contributed by atoms with E-state index >= 15 is 0 Å². The van der Waals surface area contributed by atoms with Crippen molar-refractivity contribution in [1.29, 1.82) is 0 Å². The maximum atomic E-state index is 13.7. The molecule has 1 N–H and O–H groups in total. The minimum atomic E-state index is -4.64. The average Bonchev–Trinajstić information content (AvgIpc) is 3.39. The second kappa shape index (κ2) is 9.72. The normalized spacial score (nSPS) is 13.3. The second-order valence-corrected chi connectivity index (χ2v) is 9.92. The van der Waals surface area contributed by atoms with Gasteiger partial charge in [-0.05, 0) is 19.1 Å². The average molecular weight is 584 g/mol. The number of alkyl halides is 2. The molecule has 10 nitrogen and oxygen atoms in total. The van der Waals surface area contributed by atoms with E-state index in [0.29, 0.717) is 0 Å². The van der Waals surface area contributed by atoms with Crippen LogP contribution in [0, 0.1) is 0 Å². The fourth-order valence-electron chi connectivity index (χ4n) is 3.09. The van der Waals surface area contributed by atoms with Crippen molar-refractivity contribution >= 4 is 50.8 Å². The van der Waals surface area contributed by atoms with E-state index in [0.717, 1.165) is 13.0 Å². The summed E-state index contributed by atoms with van der Waals surface area (Å²) in [5.41, 5.74) is 0.384. The van der Waals surface area contributed by atoms with Crippen LogP contribution in [-0.4, -0.2) is 45.2 Å². The molecule has 16 heteroatoms. The van der Waals surface area contributed by atoms with Crippen LogP contribution in [0.25, 0.3) is 28.6 Å². The van der Waals surface area contributed by atoms with Gasteiger partial charge in [-0.1, -0.05) is 40.0 Å². The van der Waals surface area contributed by atoms with Crippen molar-refractivity contribution in [1.82, 2.24) is 19.5 Å². The van der Waals surface area contributed by atoms with Gasteiger partial charge in [-0.15, -0.1) is 0 Å². The molecule has 1 atom stereocenters. The molecule has 192 valence electrons. The zero-order chi connectivity index (χ0) is 26.4. The van der Waals surface area contributed by atoms with Gasteiger partial charge in [0.2, 0.25) is 5.82 Å². The zero-order valence-electron chi connectivity index (χ0n) is 18.2. The third-order valence-corrected chi connectivity index (χ3v) is 6.14. The lowest BCUT2D eigenvalue weighted by atomic mass is 10.2. The highest BCUT2D eigenvalue weighted by molar-refractivity contribution is 7.80. The summed E-state index contributed by atoms with van der Waals surface area (Å²) in [5, 5.41) is 4.10. The molecular weight excluding hydrogens is 569 g/mol. The summed E-state index contributed by atoms with van der Waals surface area (Å²) in [6.45, 7) is 1.86. The van der Waals surface area contributed by atoms with E-state index in [9.17, 15) is 17.2 Å². The first-order valence-corrected chi connectivity index (χ1v) is 12.4. The topological polar surface area (TPSA) is 129 Å². The molecule has 4 aromatic rings. The predicted molar refractivity (Wildman–Crippen MR) is 126 cm³/mol. The first kappa shape index (κ1) is 26.5. The number of benzene rings is 1. The Bertz CT molecular complexity index is 1560. The first-order chi connectivity index (χ1) is 16.7. The maximum absolute atomic E-state index is 13.7. The first-order valence-electron chi connectivity index (χ1n) is 9.90. The second-order valence-electron chi connectivity index (χ2n) is 7.65. The number of hydrogen-bond acceptors (Lipinski definition) is 8. The summed E-state index contributed by atoms with van der Waals surface area (Å²) < 4.78 is 74.1. The van der Waals surface area contributed by atoms with Crippen LogP contribution >= 0.6 is 34.8 Å². The van der Waals surface area contributed by atoms with Crippen LogP contribution in [0.15, 0.2) is 35.1 Å². The van der Waals surface area contributed by atoms with Crippen molar-refractivity contribution in [2.45, 2.75) is 25.9 Å². The number of ether oxygens (including phenoxy) is 1. The van der Waals surface area contributed by atoms with E-state index in [-0.39, 0.29) is 61.6 Å². The molecule has 0 saturated carbocycles. The molecule has 0 amide bonds. The molecule has 0 aliphatic carbocycles. The van der Waals surface area contributed by atoms with Crippen LogP contribution < -0.4 is 4.74 Å². The highest BCUT2D eigenvalue weighted by Crippen LogP contribution is 2.37. The van der Waals surface area contributed by atoms with Crippen molar-refractivity contribution in [2.75, 3.05) is 6.61 Å². The zero-order valence-corrected chi connectivity index (χ0v) is 21.3.